The second-order valence-corrected chi connectivity index (χ2v) is 7.60. The van der Waals surface area contributed by atoms with E-state index in [9.17, 15) is 9.59 Å². The van der Waals surface area contributed by atoms with Gasteiger partial charge in [-0.15, -0.1) is 11.3 Å². The second kappa shape index (κ2) is 7.85. The molecular formula is C19H19ClN2O2S. The monoisotopic (exact) mass is 374 g/mol. The first-order chi connectivity index (χ1) is 12.0. The lowest BCUT2D eigenvalue weighted by atomic mass is 9.96. The predicted octanol–water partition coefficient (Wildman–Crippen LogP) is 3.81. The number of piperidine rings is 1. The van der Waals surface area contributed by atoms with Crippen molar-refractivity contribution in [2.45, 2.75) is 12.8 Å². The smallest absolute Gasteiger partial charge is 0.246 e. The van der Waals surface area contributed by atoms with E-state index in [1.54, 1.807) is 22.3 Å². The Morgan fingerprint density at radius 3 is 2.64 bits per heavy atom. The quantitative estimate of drug-likeness (QED) is 0.827. The summed E-state index contributed by atoms with van der Waals surface area (Å²) >= 11 is 7.64. The number of nitrogens with two attached hydrogens (primary N) is 1. The zero-order valence-corrected chi connectivity index (χ0v) is 15.2. The maximum atomic E-state index is 12.3. The van der Waals surface area contributed by atoms with Crippen molar-refractivity contribution < 1.29 is 9.59 Å². The molecule has 130 valence electrons. The number of primary amides is 1. The third kappa shape index (κ3) is 4.50. The zero-order chi connectivity index (χ0) is 17.8. The van der Waals surface area contributed by atoms with Crippen molar-refractivity contribution in [2.24, 2.45) is 11.7 Å². The predicted molar refractivity (Wildman–Crippen MR) is 102 cm³/mol. The van der Waals surface area contributed by atoms with Crippen LogP contribution in [-0.2, 0) is 9.59 Å². The van der Waals surface area contributed by atoms with Crippen LogP contribution in [0.4, 0.5) is 0 Å². The maximum Gasteiger partial charge on any atom is 0.246 e. The number of thiophene rings is 1. The summed E-state index contributed by atoms with van der Waals surface area (Å²) in [6.07, 6.45) is 4.72. The molecule has 1 aromatic heterocycles. The van der Waals surface area contributed by atoms with Crippen LogP contribution in [0.2, 0.25) is 5.02 Å². The highest BCUT2D eigenvalue weighted by atomic mass is 35.5. The number of nitrogens with zero attached hydrogens (tertiary/aromatic N) is 1. The van der Waals surface area contributed by atoms with Crippen LogP contribution in [0.25, 0.3) is 16.5 Å². The molecule has 1 saturated heterocycles. The lowest BCUT2D eigenvalue weighted by molar-refractivity contribution is -0.130. The van der Waals surface area contributed by atoms with Crippen LogP contribution >= 0.6 is 22.9 Å². The number of halogens is 1. The molecule has 1 fully saturated rings. The van der Waals surface area contributed by atoms with Gasteiger partial charge in [-0.1, -0.05) is 23.7 Å². The largest absolute Gasteiger partial charge is 0.369 e. The molecular weight excluding hydrogens is 356 g/mol. The van der Waals surface area contributed by atoms with Crippen molar-refractivity contribution >= 4 is 40.8 Å². The van der Waals surface area contributed by atoms with E-state index >= 15 is 0 Å². The number of benzene rings is 1. The van der Waals surface area contributed by atoms with Gasteiger partial charge in [0.05, 0.1) is 0 Å². The molecule has 0 saturated carbocycles. The molecule has 1 aliphatic rings. The second-order valence-electron chi connectivity index (χ2n) is 6.05. The van der Waals surface area contributed by atoms with Gasteiger partial charge in [0.1, 0.15) is 0 Å². The fraction of sp³-hybridized carbons (Fsp3) is 0.263. The molecule has 2 amide bonds. The van der Waals surface area contributed by atoms with E-state index < -0.39 is 0 Å². The fourth-order valence-electron chi connectivity index (χ4n) is 2.88. The van der Waals surface area contributed by atoms with Gasteiger partial charge in [0.2, 0.25) is 11.8 Å². The number of likely N-dealkylation sites (tertiary alicyclic amines) is 1. The summed E-state index contributed by atoms with van der Waals surface area (Å²) < 4.78 is 0. The van der Waals surface area contributed by atoms with Gasteiger partial charge in [0.25, 0.3) is 0 Å². The van der Waals surface area contributed by atoms with Gasteiger partial charge >= 0.3 is 0 Å². The minimum atomic E-state index is -0.269. The first kappa shape index (κ1) is 17.7. The van der Waals surface area contributed by atoms with Crippen molar-refractivity contribution in [1.29, 1.82) is 0 Å². The molecule has 0 radical (unpaired) electrons. The van der Waals surface area contributed by atoms with Crippen molar-refractivity contribution in [1.82, 2.24) is 4.90 Å². The molecule has 0 bridgehead atoms. The van der Waals surface area contributed by atoms with Crippen LogP contribution in [0.5, 0.6) is 0 Å². The molecule has 0 spiro atoms. The van der Waals surface area contributed by atoms with E-state index in [4.69, 9.17) is 17.3 Å². The Morgan fingerprint density at radius 1 is 1.20 bits per heavy atom. The van der Waals surface area contributed by atoms with Crippen LogP contribution < -0.4 is 5.73 Å². The van der Waals surface area contributed by atoms with Crippen molar-refractivity contribution in [3.05, 3.63) is 52.4 Å². The Hall–Kier alpha value is -2.11. The molecule has 0 atom stereocenters. The number of carbonyl (C=O) groups excluding carboxylic acids is 2. The first-order valence-corrected chi connectivity index (χ1v) is 9.34. The van der Waals surface area contributed by atoms with Gasteiger partial charge in [-0.25, -0.2) is 0 Å². The van der Waals surface area contributed by atoms with E-state index in [1.165, 1.54) is 0 Å². The van der Waals surface area contributed by atoms with Crippen LogP contribution in [0.1, 0.15) is 17.7 Å². The molecule has 6 heteroatoms. The minimum Gasteiger partial charge on any atom is -0.369 e. The van der Waals surface area contributed by atoms with Gasteiger partial charge in [-0.3, -0.25) is 9.59 Å². The van der Waals surface area contributed by atoms with Crippen LogP contribution in [0.3, 0.4) is 0 Å². The van der Waals surface area contributed by atoms with E-state index in [1.807, 2.05) is 42.5 Å². The highest BCUT2D eigenvalue weighted by Crippen LogP contribution is 2.30. The van der Waals surface area contributed by atoms with E-state index in [2.05, 4.69) is 0 Å². The average Bonchev–Trinajstić information content (AvgIpc) is 3.09. The maximum absolute atomic E-state index is 12.3. The van der Waals surface area contributed by atoms with E-state index in [0.717, 1.165) is 15.3 Å². The molecule has 0 aliphatic carbocycles. The van der Waals surface area contributed by atoms with Gasteiger partial charge < -0.3 is 10.6 Å². The first-order valence-electron chi connectivity index (χ1n) is 8.15. The number of amides is 2. The van der Waals surface area contributed by atoms with Gasteiger partial charge in [-0.05, 0) is 48.7 Å². The van der Waals surface area contributed by atoms with Crippen LogP contribution in [0, 0.1) is 5.92 Å². The Balaban J connectivity index is 1.61. The Bertz CT molecular complexity index is 807. The summed E-state index contributed by atoms with van der Waals surface area (Å²) in [6.45, 7) is 1.16. The van der Waals surface area contributed by atoms with Crippen LogP contribution in [0.15, 0.2) is 42.5 Å². The topological polar surface area (TPSA) is 63.4 Å². The lowest BCUT2D eigenvalue weighted by Crippen LogP contribution is -2.41. The van der Waals surface area contributed by atoms with Gasteiger partial charge in [0.15, 0.2) is 0 Å². The normalized spacial score (nSPS) is 15.6. The summed E-state index contributed by atoms with van der Waals surface area (Å²) in [5.41, 5.74) is 6.39. The summed E-state index contributed by atoms with van der Waals surface area (Å²) in [5, 5.41) is 0.706. The molecule has 4 nitrogen and oxygen atoms in total. The van der Waals surface area contributed by atoms with E-state index in [0.29, 0.717) is 31.0 Å². The highest BCUT2D eigenvalue weighted by molar-refractivity contribution is 7.16. The zero-order valence-electron chi connectivity index (χ0n) is 13.7. The Morgan fingerprint density at radius 2 is 1.96 bits per heavy atom. The molecule has 2 N–H and O–H groups in total. The number of hydrogen-bond donors (Lipinski definition) is 1. The fourth-order valence-corrected chi connectivity index (χ4v) is 3.98. The third-order valence-electron chi connectivity index (χ3n) is 4.34. The number of hydrogen-bond acceptors (Lipinski definition) is 3. The molecule has 25 heavy (non-hydrogen) atoms. The van der Waals surface area contributed by atoms with Gasteiger partial charge in [0, 0.05) is 39.9 Å². The Labute approximate surface area is 155 Å². The summed E-state index contributed by atoms with van der Waals surface area (Å²) in [7, 11) is 0. The third-order valence-corrected chi connectivity index (χ3v) is 5.67. The molecule has 3 rings (SSSR count). The van der Waals surface area contributed by atoms with Crippen molar-refractivity contribution in [3.8, 4) is 10.4 Å². The van der Waals surface area contributed by atoms with Crippen LogP contribution in [-0.4, -0.2) is 29.8 Å². The molecule has 0 unspecified atom stereocenters. The molecule has 1 aliphatic heterocycles. The van der Waals surface area contributed by atoms with Gasteiger partial charge in [-0.2, -0.15) is 0 Å². The van der Waals surface area contributed by atoms with Crippen molar-refractivity contribution in [2.75, 3.05) is 13.1 Å². The summed E-state index contributed by atoms with van der Waals surface area (Å²) in [4.78, 5) is 27.3. The molecule has 1 aromatic carbocycles. The Kier molecular flexibility index (Phi) is 5.56. The van der Waals surface area contributed by atoms with E-state index in [-0.39, 0.29) is 17.7 Å². The minimum absolute atomic E-state index is 0.0272. The number of carbonyl (C=O) groups is 2. The lowest BCUT2D eigenvalue weighted by Gasteiger charge is -2.29. The summed E-state index contributed by atoms with van der Waals surface area (Å²) in [6, 6.07) is 11.7. The highest BCUT2D eigenvalue weighted by Gasteiger charge is 2.24. The molecule has 2 aromatic rings. The van der Waals surface area contributed by atoms with Crippen molar-refractivity contribution in [3.63, 3.8) is 0 Å². The molecule has 2 heterocycles. The number of rotatable bonds is 4. The SMILES string of the molecule is NC(=O)C1CCN(C(=O)/C=C/c2ccc(-c3cccc(Cl)c3)s2)CC1. The average molecular weight is 375 g/mol. The standard InChI is InChI=1S/C19H19ClN2O2S/c20-15-3-1-2-14(12-15)17-6-4-16(25-17)5-7-18(23)22-10-8-13(9-11-22)19(21)24/h1-7,12-13H,8-11H2,(H2,21,24)/b7-5+. The summed E-state index contributed by atoms with van der Waals surface area (Å²) in [5.74, 6) is -0.402.